The Morgan fingerprint density at radius 2 is 1.76 bits per heavy atom. The zero-order valence-corrected chi connectivity index (χ0v) is 13.1. The van der Waals surface area contributed by atoms with Gasteiger partial charge in [0.25, 0.3) is 0 Å². The molecular formula is C18H23NO2. The van der Waals surface area contributed by atoms with Crippen LogP contribution in [-0.2, 0) is 0 Å². The van der Waals surface area contributed by atoms with E-state index in [1.54, 1.807) is 7.11 Å². The number of benzene rings is 2. The summed E-state index contributed by atoms with van der Waals surface area (Å²) < 4.78 is 11.3. The van der Waals surface area contributed by atoms with E-state index < -0.39 is 0 Å². The summed E-state index contributed by atoms with van der Waals surface area (Å²) in [4.78, 5) is 0. The summed E-state index contributed by atoms with van der Waals surface area (Å²) >= 11 is 0. The third-order valence-corrected chi connectivity index (χ3v) is 3.63. The molecule has 21 heavy (non-hydrogen) atoms. The maximum Gasteiger partial charge on any atom is 0.161 e. The van der Waals surface area contributed by atoms with Gasteiger partial charge in [-0.2, -0.15) is 0 Å². The number of methoxy groups -OCH3 is 1. The predicted octanol–water partition coefficient (Wildman–Crippen LogP) is 3.65. The molecule has 2 aromatic carbocycles. The highest BCUT2D eigenvalue weighted by Gasteiger charge is 2.14. The molecule has 0 bridgehead atoms. The molecule has 0 aromatic heterocycles. The van der Waals surface area contributed by atoms with Gasteiger partial charge >= 0.3 is 0 Å². The Labute approximate surface area is 126 Å². The smallest absolute Gasteiger partial charge is 0.161 e. The van der Waals surface area contributed by atoms with Crippen LogP contribution in [0.4, 0.5) is 0 Å². The van der Waals surface area contributed by atoms with E-state index in [0.717, 1.165) is 11.5 Å². The van der Waals surface area contributed by atoms with Gasteiger partial charge in [0.15, 0.2) is 11.5 Å². The van der Waals surface area contributed by atoms with Crippen molar-refractivity contribution in [2.75, 3.05) is 20.8 Å². The molecule has 3 heteroatoms. The van der Waals surface area contributed by atoms with E-state index in [-0.39, 0.29) is 6.04 Å². The monoisotopic (exact) mass is 285 g/mol. The topological polar surface area (TPSA) is 30.5 Å². The lowest BCUT2D eigenvalue weighted by Crippen LogP contribution is -2.24. The summed E-state index contributed by atoms with van der Waals surface area (Å²) in [6, 6.07) is 14.4. The Balaban J connectivity index is 2.14. The van der Waals surface area contributed by atoms with Crippen LogP contribution in [0.1, 0.15) is 22.7 Å². The van der Waals surface area contributed by atoms with E-state index in [1.165, 1.54) is 16.7 Å². The number of rotatable bonds is 6. The van der Waals surface area contributed by atoms with E-state index in [4.69, 9.17) is 9.47 Å². The fourth-order valence-corrected chi connectivity index (χ4v) is 2.38. The van der Waals surface area contributed by atoms with Crippen molar-refractivity contribution in [2.45, 2.75) is 19.9 Å². The Morgan fingerprint density at radius 3 is 2.43 bits per heavy atom. The summed E-state index contributed by atoms with van der Waals surface area (Å²) in [5.41, 5.74) is 3.80. The molecule has 0 amide bonds. The van der Waals surface area contributed by atoms with Crippen LogP contribution in [0.5, 0.6) is 11.5 Å². The number of para-hydroxylation sites is 2. The molecule has 0 aliphatic heterocycles. The normalized spacial score (nSPS) is 12.0. The second-order valence-electron chi connectivity index (χ2n) is 5.16. The molecule has 0 radical (unpaired) electrons. The molecule has 0 saturated carbocycles. The van der Waals surface area contributed by atoms with E-state index in [9.17, 15) is 0 Å². The van der Waals surface area contributed by atoms with Gasteiger partial charge in [0.05, 0.1) is 13.2 Å². The molecule has 3 nitrogen and oxygen atoms in total. The van der Waals surface area contributed by atoms with Crippen molar-refractivity contribution in [1.82, 2.24) is 5.32 Å². The SMILES string of the molecule is CNC(COc1ccccc1OC)c1cc(C)ccc1C. The first-order chi connectivity index (χ1) is 10.2. The molecular weight excluding hydrogens is 262 g/mol. The minimum atomic E-state index is 0.148. The van der Waals surface area contributed by atoms with Crippen molar-refractivity contribution in [1.29, 1.82) is 0 Å². The highest BCUT2D eigenvalue weighted by Crippen LogP contribution is 2.27. The van der Waals surface area contributed by atoms with Crippen molar-refractivity contribution in [3.63, 3.8) is 0 Å². The van der Waals surface area contributed by atoms with Crippen LogP contribution in [0, 0.1) is 13.8 Å². The van der Waals surface area contributed by atoms with Gasteiger partial charge in [-0.1, -0.05) is 35.9 Å². The summed E-state index contributed by atoms with van der Waals surface area (Å²) in [6.07, 6.45) is 0. The Kier molecular flexibility index (Phi) is 5.23. The Bertz CT molecular complexity index is 596. The third kappa shape index (κ3) is 3.76. The van der Waals surface area contributed by atoms with Gasteiger partial charge in [-0.15, -0.1) is 0 Å². The van der Waals surface area contributed by atoms with Crippen molar-refractivity contribution < 1.29 is 9.47 Å². The number of hydrogen-bond acceptors (Lipinski definition) is 3. The third-order valence-electron chi connectivity index (χ3n) is 3.63. The molecule has 1 N–H and O–H groups in total. The largest absolute Gasteiger partial charge is 0.493 e. The van der Waals surface area contributed by atoms with Gasteiger partial charge < -0.3 is 14.8 Å². The van der Waals surface area contributed by atoms with Crippen molar-refractivity contribution in [3.8, 4) is 11.5 Å². The lowest BCUT2D eigenvalue weighted by molar-refractivity contribution is 0.258. The van der Waals surface area contributed by atoms with E-state index in [2.05, 4.69) is 37.4 Å². The van der Waals surface area contributed by atoms with Gasteiger partial charge in [0.2, 0.25) is 0 Å². The fourth-order valence-electron chi connectivity index (χ4n) is 2.38. The molecule has 0 saturated heterocycles. The molecule has 0 fully saturated rings. The number of nitrogens with one attached hydrogen (secondary N) is 1. The number of ether oxygens (including phenoxy) is 2. The van der Waals surface area contributed by atoms with Crippen LogP contribution in [-0.4, -0.2) is 20.8 Å². The molecule has 0 aliphatic carbocycles. The number of likely N-dealkylation sites (N-methyl/N-ethyl adjacent to an activating group) is 1. The lowest BCUT2D eigenvalue weighted by atomic mass is 9.99. The standard InChI is InChI=1S/C18H23NO2/c1-13-9-10-14(2)15(11-13)16(19-3)12-21-18-8-6-5-7-17(18)20-4/h5-11,16,19H,12H2,1-4H3. The van der Waals surface area contributed by atoms with Crippen LogP contribution < -0.4 is 14.8 Å². The summed E-state index contributed by atoms with van der Waals surface area (Å²) in [7, 11) is 3.61. The first kappa shape index (κ1) is 15.4. The maximum atomic E-state index is 5.94. The van der Waals surface area contributed by atoms with Gasteiger partial charge in [0.1, 0.15) is 6.61 Å². The Morgan fingerprint density at radius 1 is 1.05 bits per heavy atom. The molecule has 0 heterocycles. The van der Waals surface area contributed by atoms with E-state index in [1.807, 2.05) is 31.3 Å². The van der Waals surface area contributed by atoms with Gasteiger partial charge in [-0.05, 0) is 44.2 Å². The first-order valence-corrected chi connectivity index (χ1v) is 7.16. The molecule has 2 rings (SSSR count). The zero-order valence-electron chi connectivity index (χ0n) is 13.1. The summed E-state index contributed by atoms with van der Waals surface area (Å²) in [5, 5.41) is 3.33. The fraction of sp³-hybridized carbons (Fsp3) is 0.333. The van der Waals surface area contributed by atoms with E-state index in [0.29, 0.717) is 6.61 Å². The van der Waals surface area contributed by atoms with Crippen LogP contribution in [0.15, 0.2) is 42.5 Å². The van der Waals surface area contributed by atoms with Gasteiger partial charge in [-0.25, -0.2) is 0 Å². The summed E-state index contributed by atoms with van der Waals surface area (Å²) in [5.74, 6) is 1.53. The minimum absolute atomic E-state index is 0.148. The molecule has 1 unspecified atom stereocenters. The van der Waals surface area contributed by atoms with Crippen molar-refractivity contribution in [2.24, 2.45) is 0 Å². The molecule has 1 atom stereocenters. The number of aryl methyl sites for hydroxylation is 2. The van der Waals surface area contributed by atoms with Crippen LogP contribution in [0.25, 0.3) is 0 Å². The van der Waals surface area contributed by atoms with Crippen LogP contribution in [0.2, 0.25) is 0 Å². The molecule has 112 valence electrons. The number of hydrogen-bond donors (Lipinski definition) is 1. The molecule has 0 spiro atoms. The highest BCUT2D eigenvalue weighted by molar-refractivity contribution is 5.39. The average molecular weight is 285 g/mol. The van der Waals surface area contributed by atoms with Gasteiger partial charge in [0, 0.05) is 0 Å². The quantitative estimate of drug-likeness (QED) is 0.878. The van der Waals surface area contributed by atoms with Crippen LogP contribution in [0.3, 0.4) is 0 Å². The van der Waals surface area contributed by atoms with Crippen molar-refractivity contribution >= 4 is 0 Å². The Hall–Kier alpha value is -2.00. The van der Waals surface area contributed by atoms with E-state index >= 15 is 0 Å². The summed E-state index contributed by atoms with van der Waals surface area (Å²) in [6.45, 7) is 4.79. The predicted molar refractivity (Wildman–Crippen MR) is 86.2 cm³/mol. The molecule has 2 aromatic rings. The zero-order chi connectivity index (χ0) is 15.2. The second kappa shape index (κ2) is 7.14. The van der Waals surface area contributed by atoms with Crippen molar-refractivity contribution in [3.05, 3.63) is 59.2 Å². The van der Waals surface area contributed by atoms with Crippen LogP contribution >= 0.6 is 0 Å². The first-order valence-electron chi connectivity index (χ1n) is 7.16. The molecule has 0 aliphatic rings. The average Bonchev–Trinajstić information content (AvgIpc) is 2.51. The van der Waals surface area contributed by atoms with Gasteiger partial charge in [-0.3, -0.25) is 0 Å². The lowest BCUT2D eigenvalue weighted by Gasteiger charge is -2.20. The maximum absolute atomic E-state index is 5.94. The minimum Gasteiger partial charge on any atom is -0.493 e. The second-order valence-corrected chi connectivity index (χ2v) is 5.16. The highest BCUT2D eigenvalue weighted by atomic mass is 16.5.